The van der Waals surface area contributed by atoms with Crippen LogP contribution in [-0.4, -0.2) is 73.8 Å². The zero-order valence-corrected chi connectivity index (χ0v) is 34.2. The summed E-state index contributed by atoms with van der Waals surface area (Å²) in [5, 5.41) is 19.1. The van der Waals surface area contributed by atoms with Crippen LogP contribution in [0.15, 0.2) is 47.4 Å². The van der Waals surface area contributed by atoms with Crippen molar-refractivity contribution in [1.29, 1.82) is 0 Å². The predicted molar refractivity (Wildman–Crippen MR) is 226 cm³/mol. The van der Waals surface area contributed by atoms with Gasteiger partial charge in [-0.25, -0.2) is 13.8 Å². The van der Waals surface area contributed by atoms with Crippen molar-refractivity contribution in [3.8, 4) is 5.75 Å². The number of hydrogen-bond acceptors (Lipinski definition) is 11. The summed E-state index contributed by atoms with van der Waals surface area (Å²) in [6, 6.07) is 10.8. The van der Waals surface area contributed by atoms with Crippen molar-refractivity contribution in [2.75, 3.05) is 40.5 Å². The number of fused-ring (bicyclic) bond motifs is 4. The zero-order chi connectivity index (χ0) is 41.5. The molecule has 2 saturated heterocycles. The Balaban J connectivity index is 0.791. The van der Waals surface area contributed by atoms with E-state index in [2.05, 4.69) is 43.3 Å². The number of carbonyl (C=O) groups excluding carboxylic acids is 2. The number of benzene rings is 2. The van der Waals surface area contributed by atoms with Crippen LogP contribution in [0.3, 0.4) is 0 Å². The van der Waals surface area contributed by atoms with Crippen molar-refractivity contribution in [2.24, 2.45) is 25.4 Å². The van der Waals surface area contributed by atoms with Crippen LogP contribution < -0.4 is 36.5 Å². The van der Waals surface area contributed by atoms with E-state index in [1.165, 1.54) is 4.57 Å². The van der Waals surface area contributed by atoms with E-state index in [-0.39, 0.29) is 34.6 Å². The Bertz CT molecular complexity index is 2610. The zero-order valence-electron chi connectivity index (χ0n) is 33.5. The monoisotopic (exact) mass is 840 g/mol. The molecule has 60 heavy (non-hydrogen) atoms. The number of anilines is 5. The fourth-order valence-electron chi connectivity index (χ4n) is 9.90. The van der Waals surface area contributed by atoms with E-state index >= 15 is 8.78 Å². The minimum atomic E-state index is -3.13. The van der Waals surface area contributed by atoms with Crippen molar-refractivity contribution in [3.63, 3.8) is 0 Å². The molecule has 2 unspecified atom stereocenters. The SMILES string of the molecule is Cn1nc(C2CCC(=O)NC2=O)c2ccc(NC3CCC4(CC3)CCN(c3ncc(Cl)c(Nc5ccc6c(c5)c5c(c(=O)n6C)OCC(F)(F)C(C6CC6)N5)n3)CC4)cc21. The molecule has 0 bridgehead atoms. The van der Waals surface area contributed by atoms with Gasteiger partial charge in [0.05, 0.1) is 40.6 Å². The summed E-state index contributed by atoms with van der Waals surface area (Å²) >= 11 is 6.64. The van der Waals surface area contributed by atoms with Gasteiger partial charge < -0.3 is 30.2 Å². The third-order valence-corrected chi connectivity index (χ3v) is 13.9. The normalized spacial score (nSPS) is 22.9. The highest BCUT2D eigenvalue weighted by Gasteiger charge is 2.51. The van der Waals surface area contributed by atoms with Crippen molar-refractivity contribution >= 4 is 74.0 Å². The van der Waals surface area contributed by atoms with Crippen LogP contribution in [0, 0.1) is 11.3 Å². The van der Waals surface area contributed by atoms with E-state index in [1.807, 2.05) is 29.9 Å². The van der Waals surface area contributed by atoms with Crippen LogP contribution in [-0.2, 0) is 23.7 Å². The van der Waals surface area contributed by atoms with E-state index in [0.717, 1.165) is 68.2 Å². The Labute approximate surface area is 349 Å². The Hall–Kier alpha value is -5.51. The first-order chi connectivity index (χ1) is 28.8. The molecule has 3 aromatic heterocycles. The molecule has 4 N–H and O–H groups in total. The summed E-state index contributed by atoms with van der Waals surface area (Å²) < 4.78 is 39.1. The molecular weight excluding hydrogens is 794 g/mol. The molecule has 10 rings (SSSR count). The molecule has 0 radical (unpaired) electrons. The maximum atomic E-state index is 15.2. The van der Waals surface area contributed by atoms with Gasteiger partial charge in [-0.3, -0.25) is 24.4 Å². The van der Waals surface area contributed by atoms with Crippen molar-refractivity contribution in [2.45, 2.75) is 88.1 Å². The summed E-state index contributed by atoms with van der Waals surface area (Å²) in [7, 11) is 3.50. The first kappa shape index (κ1) is 38.7. The molecule has 2 atom stereocenters. The second kappa shape index (κ2) is 14.6. The molecule has 314 valence electrons. The quantitative estimate of drug-likeness (QED) is 0.125. The van der Waals surface area contributed by atoms with Crippen LogP contribution in [0.25, 0.3) is 21.8 Å². The largest absolute Gasteiger partial charge is 0.480 e. The molecule has 2 aromatic carbocycles. The Morgan fingerprint density at radius 2 is 1.68 bits per heavy atom. The number of alkyl halides is 2. The topological polar surface area (TPSA) is 160 Å². The van der Waals surface area contributed by atoms with Gasteiger partial charge in [-0.2, -0.15) is 10.1 Å². The number of halogens is 3. The lowest BCUT2D eigenvalue weighted by Crippen LogP contribution is -2.44. The smallest absolute Gasteiger partial charge is 0.301 e. The minimum Gasteiger partial charge on any atom is -0.480 e. The number of aromatic nitrogens is 5. The molecule has 2 amide bonds. The molecule has 2 saturated carbocycles. The Morgan fingerprint density at radius 3 is 2.43 bits per heavy atom. The maximum absolute atomic E-state index is 15.2. The number of aryl methyl sites for hydroxylation is 2. The Kier molecular flexibility index (Phi) is 9.41. The van der Waals surface area contributed by atoms with E-state index in [9.17, 15) is 14.4 Å². The molecule has 5 aromatic rings. The van der Waals surface area contributed by atoms with Crippen molar-refractivity contribution in [1.82, 2.24) is 29.6 Å². The number of amides is 2. The van der Waals surface area contributed by atoms with Gasteiger partial charge in [-0.1, -0.05) is 11.6 Å². The summed E-state index contributed by atoms with van der Waals surface area (Å²) in [5.41, 5.74) is 3.96. The van der Waals surface area contributed by atoms with Gasteiger partial charge in [0.2, 0.25) is 23.5 Å². The van der Waals surface area contributed by atoms with Gasteiger partial charge in [0.25, 0.3) is 5.56 Å². The van der Waals surface area contributed by atoms with Gasteiger partial charge in [-0.15, -0.1) is 0 Å². The first-order valence-corrected chi connectivity index (χ1v) is 21.3. The molecule has 3 aliphatic heterocycles. The summed E-state index contributed by atoms with van der Waals surface area (Å²) in [6.07, 6.45) is 10.2. The highest BCUT2D eigenvalue weighted by molar-refractivity contribution is 6.33. The van der Waals surface area contributed by atoms with Gasteiger partial charge >= 0.3 is 5.92 Å². The molecule has 6 heterocycles. The van der Waals surface area contributed by atoms with Crippen LogP contribution in [0.4, 0.5) is 37.6 Å². The van der Waals surface area contributed by atoms with Gasteiger partial charge in [-0.05, 0) is 106 Å². The van der Waals surface area contributed by atoms with E-state index in [4.69, 9.17) is 26.4 Å². The molecular formula is C43H47ClF2N10O4. The van der Waals surface area contributed by atoms with Gasteiger partial charge in [0, 0.05) is 61.8 Å². The van der Waals surface area contributed by atoms with Crippen molar-refractivity contribution < 1.29 is 23.1 Å². The van der Waals surface area contributed by atoms with Crippen LogP contribution in [0.2, 0.25) is 5.02 Å². The standard InChI is InChI=1S/C43H47ClF2N10O4/c1-54-31-9-6-25(19-29(31)35-36(40(54)59)60-22-43(45,46)37(51-35)23-3-4-23)49-38-30(44)21-47-41(52-38)56-17-15-42(16-18-56)13-11-24(12-14-42)48-26-5-7-27-32(20-26)55(2)53-34(27)28-8-10-33(57)50-39(28)58/h5-7,9,19-21,23-24,28,37,48,51H,3-4,8,10-18,22H2,1-2H3,(H,47,49,52)(H,50,57,58). The highest BCUT2D eigenvalue weighted by Crippen LogP contribution is 2.47. The number of ether oxygens (including phenoxy) is 1. The number of pyridine rings is 1. The van der Waals surface area contributed by atoms with E-state index in [1.54, 1.807) is 19.3 Å². The number of nitrogens with one attached hydrogen (secondary N) is 4. The lowest BCUT2D eigenvalue weighted by atomic mass is 9.67. The summed E-state index contributed by atoms with van der Waals surface area (Å²) in [5.74, 6) is -3.36. The fraction of sp³-hybridized carbons (Fsp3) is 0.488. The fourth-order valence-corrected chi connectivity index (χ4v) is 10.0. The van der Waals surface area contributed by atoms with E-state index < -0.39 is 30.0 Å². The summed E-state index contributed by atoms with van der Waals surface area (Å²) in [4.78, 5) is 49.2. The lowest BCUT2D eigenvalue weighted by Gasteiger charge is -2.46. The molecule has 14 nitrogen and oxygen atoms in total. The first-order valence-electron chi connectivity index (χ1n) is 20.9. The third kappa shape index (κ3) is 6.95. The highest BCUT2D eigenvalue weighted by atomic mass is 35.5. The molecule has 5 aliphatic rings. The number of carbonyl (C=O) groups is 2. The van der Waals surface area contributed by atoms with Gasteiger partial charge in [0.15, 0.2) is 12.4 Å². The second-order valence-corrected chi connectivity index (χ2v) is 17.9. The van der Waals surface area contributed by atoms with Crippen LogP contribution in [0.5, 0.6) is 5.75 Å². The van der Waals surface area contributed by atoms with E-state index in [0.29, 0.717) is 70.8 Å². The van der Waals surface area contributed by atoms with Gasteiger partial charge in [0.1, 0.15) is 5.02 Å². The predicted octanol–water partition coefficient (Wildman–Crippen LogP) is 6.99. The molecule has 1 spiro atoms. The molecule has 17 heteroatoms. The van der Waals surface area contributed by atoms with Crippen LogP contribution in [0.1, 0.15) is 75.8 Å². The average molecular weight is 841 g/mol. The molecule has 4 fully saturated rings. The number of imide groups is 1. The number of hydrogen-bond donors (Lipinski definition) is 4. The number of nitrogens with zero attached hydrogens (tertiary/aromatic N) is 6. The maximum Gasteiger partial charge on any atom is 0.301 e. The molecule has 2 aliphatic carbocycles. The van der Waals surface area contributed by atoms with Crippen LogP contribution >= 0.6 is 11.6 Å². The lowest BCUT2D eigenvalue weighted by molar-refractivity contribution is -0.134. The number of rotatable bonds is 7. The van der Waals surface area contributed by atoms with Crippen molar-refractivity contribution in [3.05, 3.63) is 63.7 Å². The second-order valence-electron chi connectivity index (χ2n) is 17.5. The third-order valence-electron chi connectivity index (χ3n) is 13.6. The average Bonchev–Trinajstić information content (AvgIpc) is 4.04. The summed E-state index contributed by atoms with van der Waals surface area (Å²) in [6.45, 7) is 0.783. The minimum absolute atomic E-state index is 0.106. The number of piperidine rings is 2. The Morgan fingerprint density at radius 1 is 0.917 bits per heavy atom.